The zero-order chi connectivity index (χ0) is 18.8. The molecule has 1 aromatic heterocycles. The molecule has 5 nitrogen and oxygen atoms in total. The van der Waals surface area contributed by atoms with Gasteiger partial charge in [-0.3, -0.25) is 4.99 Å². The SMILES string of the molecule is CN=c1scc(-c2cccc3ccccc23)n1N=Cc1ccc(O)cc1O. The second kappa shape index (κ2) is 7.09. The van der Waals surface area contributed by atoms with Gasteiger partial charge in [-0.05, 0) is 22.9 Å². The Morgan fingerprint density at radius 3 is 2.63 bits per heavy atom. The zero-order valence-corrected chi connectivity index (χ0v) is 15.4. The Kier molecular flexibility index (Phi) is 4.48. The first kappa shape index (κ1) is 17.1. The van der Waals surface area contributed by atoms with Crippen molar-refractivity contribution >= 4 is 28.3 Å². The van der Waals surface area contributed by atoms with E-state index in [0.29, 0.717) is 5.56 Å². The molecular formula is C21H17N3O2S. The summed E-state index contributed by atoms with van der Waals surface area (Å²) in [6, 6.07) is 18.8. The molecule has 0 bridgehead atoms. The van der Waals surface area contributed by atoms with Crippen LogP contribution in [0.1, 0.15) is 5.56 Å². The maximum absolute atomic E-state index is 9.99. The zero-order valence-electron chi connectivity index (χ0n) is 14.6. The van der Waals surface area contributed by atoms with E-state index in [1.54, 1.807) is 24.0 Å². The molecule has 0 aliphatic rings. The fraction of sp³-hybridized carbons (Fsp3) is 0.0476. The van der Waals surface area contributed by atoms with Gasteiger partial charge in [0.2, 0.25) is 4.80 Å². The summed E-state index contributed by atoms with van der Waals surface area (Å²) in [5.41, 5.74) is 2.50. The second-order valence-corrected chi connectivity index (χ2v) is 6.79. The van der Waals surface area contributed by atoms with E-state index in [-0.39, 0.29) is 11.5 Å². The Balaban J connectivity index is 1.87. The van der Waals surface area contributed by atoms with Crippen LogP contribution in [0, 0.1) is 0 Å². The molecule has 2 N–H and O–H groups in total. The number of phenolic OH excluding ortho intramolecular Hbond substituents is 2. The molecule has 0 aliphatic carbocycles. The maximum atomic E-state index is 9.99. The largest absolute Gasteiger partial charge is 0.508 e. The first-order chi connectivity index (χ1) is 13.2. The van der Waals surface area contributed by atoms with Crippen LogP contribution < -0.4 is 4.80 Å². The number of benzene rings is 3. The van der Waals surface area contributed by atoms with Gasteiger partial charge >= 0.3 is 0 Å². The lowest BCUT2D eigenvalue weighted by molar-refractivity contribution is 0.450. The first-order valence-electron chi connectivity index (χ1n) is 8.35. The van der Waals surface area contributed by atoms with Crippen molar-refractivity contribution in [3.05, 3.63) is 76.4 Å². The third-order valence-corrected chi connectivity index (χ3v) is 5.18. The highest BCUT2D eigenvalue weighted by Crippen LogP contribution is 2.29. The average molecular weight is 375 g/mol. The van der Waals surface area contributed by atoms with Crippen molar-refractivity contribution in [1.29, 1.82) is 0 Å². The number of aromatic nitrogens is 1. The molecule has 134 valence electrons. The first-order valence-corrected chi connectivity index (χ1v) is 9.23. The Hall–Kier alpha value is -3.38. The minimum Gasteiger partial charge on any atom is -0.508 e. The van der Waals surface area contributed by atoms with Gasteiger partial charge in [0.25, 0.3) is 0 Å². The van der Waals surface area contributed by atoms with E-state index in [2.05, 4.69) is 34.4 Å². The maximum Gasteiger partial charge on any atom is 0.205 e. The number of aromatic hydroxyl groups is 2. The van der Waals surface area contributed by atoms with E-state index in [9.17, 15) is 10.2 Å². The van der Waals surface area contributed by atoms with Gasteiger partial charge in [0.1, 0.15) is 11.5 Å². The molecule has 0 saturated heterocycles. The van der Waals surface area contributed by atoms with E-state index in [1.165, 1.54) is 23.5 Å². The lowest BCUT2D eigenvalue weighted by Crippen LogP contribution is -2.11. The number of hydrogen-bond donors (Lipinski definition) is 2. The summed E-state index contributed by atoms with van der Waals surface area (Å²) in [6.45, 7) is 0. The molecule has 4 rings (SSSR count). The predicted octanol–water partition coefficient (Wildman–Crippen LogP) is 4.19. The molecular weight excluding hydrogens is 358 g/mol. The van der Waals surface area contributed by atoms with Crippen LogP contribution in [-0.4, -0.2) is 28.2 Å². The highest BCUT2D eigenvalue weighted by molar-refractivity contribution is 7.07. The lowest BCUT2D eigenvalue weighted by Gasteiger charge is -2.07. The van der Waals surface area contributed by atoms with Gasteiger partial charge in [-0.1, -0.05) is 42.5 Å². The fourth-order valence-electron chi connectivity index (χ4n) is 2.96. The van der Waals surface area contributed by atoms with Crippen molar-refractivity contribution in [1.82, 2.24) is 4.68 Å². The predicted molar refractivity (Wildman–Crippen MR) is 110 cm³/mol. The molecule has 6 heteroatoms. The molecule has 0 amide bonds. The number of phenols is 2. The van der Waals surface area contributed by atoms with Crippen molar-refractivity contribution in [2.45, 2.75) is 0 Å². The summed E-state index contributed by atoms with van der Waals surface area (Å²) in [6.07, 6.45) is 1.56. The van der Waals surface area contributed by atoms with E-state index < -0.39 is 0 Å². The average Bonchev–Trinajstić information content (AvgIpc) is 3.09. The molecule has 0 aliphatic heterocycles. The van der Waals surface area contributed by atoms with Gasteiger partial charge < -0.3 is 10.2 Å². The smallest absolute Gasteiger partial charge is 0.205 e. The number of hydrogen-bond acceptors (Lipinski definition) is 5. The summed E-state index contributed by atoms with van der Waals surface area (Å²) in [5.74, 6) is -0.0233. The molecule has 0 radical (unpaired) electrons. The summed E-state index contributed by atoms with van der Waals surface area (Å²) in [4.78, 5) is 5.05. The fourth-order valence-corrected chi connectivity index (χ4v) is 3.75. The number of nitrogens with zero attached hydrogens (tertiary/aromatic N) is 3. The highest BCUT2D eigenvalue weighted by atomic mass is 32.1. The van der Waals surface area contributed by atoms with Crippen LogP contribution >= 0.6 is 11.3 Å². The number of rotatable bonds is 3. The van der Waals surface area contributed by atoms with Crippen LogP contribution in [0.2, 0.25) is 0 Å². The van der Waals surface area contributed by atoms with Crippen molar-refractivity contribution in [2.24, 2.45) is 10.1 Å². The van der Waals surface area contributed by atoms with E-state index >= 15 is 0 Å². The van der Waals surface area contributed by atoms with Gasteiger partial charge in [-0.15, -0.1) is 11.3 Å². The quantitative estimate of drug-likeness (QED) is 0.527. The molecule has 1 heterocycles. The van der Waals surface area contributed by atoms with Gasteiger partial charge in [0, 0.05) is 29.6 Å². The summed E-state index contributed by atoms with van der Waals surface area (Å²) in [5, 5.41) is 28.3. The van der Waals surface area contributed by atoms with Gasteiger partial charge in [-0.25, -0.2) is 4.68 Å². The molecule has 0 saturated carbocycles. The van der Waals surface area contributed by atoms with Gasteiger partial charge in [0.15, 0.2) is 0 Å². The van der Waals surface area contributed by atoms with Crippen LogP contribution in [0.25, 0.3) is 22.0 Å². The lowest BCUT2D eigenvalue weighted by atomic mass is 10.0. The molecule has 0 unspecified atom stereocenters. The molecule has 27 heavy (non-hydrogen) atoms. The molecule has 0 spiro atoms. The van der Waals surface area contributed by atoms with E-state index in [1.807, 2.05) is 23.6 Å². The van der Waals surface area contributed by atoms with Crippen LogP contribution in [0.4, 0.5) is 0 Å². The Labute approximate surface area is 159 Å². The summed E-state index contributed by atoms with van der Waals surface area (Å²) in [7, 11) is 1.72. The standard InChI is InChI=1S/C21H17N3O2S/c1-22-21-24(23-12-15-9-10-16(25)11-20(15)26)19(13-27-21)18-8-4-6-14-5-2-3-7-17(14)18/h2-13,25-26H,1H3. The third kappa shape index (κ3) is 3.22. The van der Waals surface area contributed by atoms with Gasteiger partial charge in [-0.2, -0.15) is 5.10 Å². The minimum absolute atomic E-state index is 0.00790. The topological polar surface area (TPSA) is 70.1 Å². The van der Waals surface area contributed by atoms with Gasteiger partial charge in [0.05, 0.1) is 11.9 Å². The van der Waals surface area contributed by atoms with Crippen LogP contribution in [0.5, 0.6) is 11.5 Å². The second-order valence-electron chi connectivity index (χ2n) is 5.95. The number of thiazole rings is 1. The summed E-state index contributed by atoms with van der Waals surface area (Å²) < 4.78 is 1.76. The highest BCUT2D eigenvalue weighted by Gasteiger charge is 2.10. The van der Waals surface area contributed by atoms with E-state index in [0.717, 1.165) is 26.8 Å². The normalized spacial score (nSPS) is 12.3. The monoisotopic (exact) mass is 375 g/mol. The van der Waals surface area contributed by atoms with Crippen molar-refractivity contribution < 1.29 is 10.2 Å². The third-order valence-electron chi connectivity index (χ3n) is 4.27. The Morgan fingerprint density at radius 2 is 1.81 bits per heavy atom. The molecule has 4 aromatic rings. The molecule has 0 fully saturated rings. The Morgan fingerprint density at radius 1 is 1.00 bits per heavy atom. The van der Waals surface area contributed by atoms with Crippen LogP contribution in [0.3, 0.4) is 0 Å². The van der Waals surface area contributed by atoms with Crippen LogP contribution in [0.15, 0.2) is 76.1 Å². The van der Waals surface area contributed by atoms with Crippen molar-refractivity contribution in [2.75, 3.05) is 7.05 Å². The van der Waals surface area contributed by atoms with Crippen LogP contribution in [-0.2, 0) is 0 Å². The number of fused-ring (bicyclic) bond motifs is 1. The summed E-state index contributed by atoms with van der Waals surface area (Å²) >= 11 is 1.50. The van der Waals surface area contributed by atoms with E-state index in [4.69, 9.17) is 0 Å². The molecule has 0 atom stereocenters. The van der Waals surface area contributed by atoms with Crippen molar-refractivity contribution in [3.63, 3.8) is 0 Å². The van der Waals surface area contributed by atoms with Crippen molar-refractivity contribution in [3.8, 4) is 22.8 Å². The minimum atomic E-state index is -0.0312. The Bertz CT molecular complexity index is 1220. The molecule has 3 aromatic carbocycles.